The highest BCUT2D eigenvalue weighted by Crippen LogP contribution is 2.41. The molecule has 2 heterocycles. The fourth-order valence-electron chi connectivity index (χ4n) is 3.95. The molecule has 2 aromatic heterocycles. The first-order valence-electron chi connectivity index (χ1n) is 10.2. The van der Waals surface area contributed by atoms with Gasteiger partial charge in [-0.1, -0.05) is 48.5 Å². The van der Waals surface area contributed by atoms with Gasteiger partial charge in [0.05, 0.1) is 22.5 Å². The second kappa shape index (κ2) is 6.99. The van der Waals surface area contributed by atoms with Crippen LogP contribution in [0, 0.1) is 0 Å². The monoisotopic (exact) mass is 418 g/mol. The number of fused-ring (bicyclic) bond motifs is 2. The number of hydrogen-bond donors (Lipinski definition) is 2. The van der Waals surface area contributed by atoms with E-state index in [9.17, 15) is 0 Å². The number of nitrogen functional groups attached to an aromatic ring is 2. The summed E-state index contributed by atoms with van der Waals surface area (Å²) >= 11 is 0. The van der Waals surface area contributed by atoms with Crippen LogP contribution in [0.3, 0.4) is 0 Å². The number of para-hydroxylation sites is 6. The molecule has 6 nitrogen and oxygen atoms in total. The lowest BCUT2D eigenvalue weighted by Crippen LogP contribution is -1.98. The maximum absolute atomic E-state index is 6.59. The van der Waals surface area contributed by atoms with E-state index in [2.05, 4.69) is 9.97 Å². The zero-order valence-electron chi connectivity index (χ0n) is 16.9. The molecule has 32 heavy (non-hydrogen) atoms. The van der Waals surface area contributed by atoms with Crippen LogP contribution in [0.5, 0.6) is 0 Å². The number of hydrogen-bond acceptors (Lipinski definition) is 6. The lowest BCUT2D eigenvalue weighted by Gasteiger charge is -2.13. The molecule has 0 fully saturated rings. The molecule has 0 atom stereocenters. The number of anilines is 2. The molecule has 0 amide bonds. The van der Waals surface area contributed by atoms with Gasteiger partial charge in [-0.25, -0.2) is 9.97 Å². The topological polar surface area (TPSA) is 104 Å². The minimum Gasteiger partial charge on any atom is -0.436 e. The number of nitrogens with zero attached hydrogens (tertiary/aromatic N) is 2. The van der Waals surface area contributed by atoms with E-state index >= 15 is 0 Å². The first-order valence-corrected chi connectivity index (χ1v) is 10.2. The SMILES string of the molecule is Nc1c(-c2nc3ccccc3o2)cccc1-c1cccc(-c2nc3ccccc3o2)c1N. The van der Waals surface area contributed by atoms with Crippen LogP contribution in [0.4, 0.5) is 11.4 Å². The van der Waals surface area contributed by atoms with E-state index in [1.807, 2.05) is 84.9 Å². The largest absolute Gasteiger partial charge is 0.436 e. The highest BCUT2D eigenvalue weighted by molar-refractivity contribution is 5.95. The standard InChI is InChI=1S/C26H18N4O2/c27-23-15(7-5-9-17(23)25-29-19-11-1-3-13-21(19)31-25)16-8-6-10-18(24(16)28)26-30-20-12-2-4-14-22(20)32-26/h1-14H,27-28H2. The number of oxazole rings is 2. The van der Waals surface area contributed by atoms with Gasteiger partial charge >= 0.3 is 0 Å². The van der Waals surface area contributed by atoms with Gasteiger partial charge in [0.25, 0.3) is 0 Å². The molecule has 0 radical (unpaired) electrons. The highest BCUT2D eigenvalue weighted by Gasteiger charge is 2.18. The number of benzene rings is 4. The summed E-state index contributed by atoms with van der Waals surface area (Å²) in [5.74, 6) is 0.943. The molecule has 154 valence electrons. The smallest absolute Gasteiger partial charge is 0.229 e. The van der Waals surface area contributed by atoms with E-state index in [1.54, 1.807) is 0 Å². The summed E-state index contributed by atoms with van der Waals surface area (Å²) in [6.45, 7) is 0. The van der Waals surface area contributed by atoms with Crippen molar-refractivity contribution in [1.82, 2.24) is 9.97 Å². The molecule has 6 aromatic rings. The fourth-order valence-corrected chi connectivity index (χ4v) is 3.95. The van der Waals surface area contributed by atoms with Gasteiger partial charge in [-0.3, -0.25) is 0 Å². The van der Waals surface area contributed by atoms with Crippen molar-refractivity contribution in [2.45, 2.75) is 0 Å². The molecule has 0 spiro atoms. The Kier molecular flexibility index (Phi) is 3.98. The number of rotatable bonds is 3. The summed E-state index contributed by atoms with van der Waals surface area (Å²) in [7, 11) is 0. The lowest BCUT2D eigenvalue weighted by molar-refractivity contribution is 0.619. The zero-order chi connectivity index (χ0) is 21.7. The van der Waals surface area contributed by atoms with Crippen LogP contribution in [0.25, 0.3) is 56.2 Å². The van der Waals surface area contributed by atoms with Crippen molar-refractivity contribution >= 4 is 33.6 Å². The third-order valence-electron chi connectivity index (χ3n) is 5.55. The minimum atomic E-state index is 0.472. The van der Waals surface area contributed by atoms with E-state index in [0.717, 1.165) is 22.2 Å². The van der Waals surface area contributed by atoms with Gasteiger partial charge in [0.15, 0.2) is 11.2 Å². The molecule has 6 heteroatoms. The Morgan fingerprint density at radius 1 is 0.469 bits per heavy atom. The van der Waals surface area contributed by atoms with Crippen molar-refractivity contribution < 1.29 is 8.83 Å². The van der Waals surface area contributed by atoms with Crippen molar-refractivity contribution in [1.29, 1.82) is 0 Å². The summed E-state index contributed by atoms with van der Waals surface area (Å²) in [6, 6.07) is 26.7. The number of nitrogens with two attached hydrogens (primary N) is 2. The Morgan fingerprint density at radius 2 is 0.875 bits per heavy atom. The molecule has 6 rings (SSSR count). The average Bonchev–Trinajstić information content (AvgIpc) is 3.44. The predicted octanol–water partition coefficient (Wildman–Crippen LogP) is 6.13. The molecule has 0 aliphatic carbocycles. The van der Waals surface area contributed by atoms with Gasteiger partial charge in [0, 0.05) is 11.1 Å². The van der Waals surface area contributed by atoms with E-state index < -0.39 is 0 Å². The lowest BCUT2D eigenvalue weighted by atomic mass is 9.96. The summed E-state index contributed by atoms with van der Waals surface area (Å²) in [6.07, 6.45) is 0. The third kappa shape index (κ3) is 2.81. The molecular formula is C26H18N4O2. The highest BCUT2D eigenvalue weighted by atomic mass is 16.4. The quantitative estimate of drug-likeness (QED) is 0.335. The van der Waals surface area contributed by atoms with E-state index in [0.29, 0.717) is 45.4 Å². The summed E-state index contributed by atoms with van der Waals surface area (Å²) < 4.78 is 11.9. The van der Waals surface area contributed by atoms with E-state index in [1.165, 1.54) is 0 Å². The van der Waals surface area contributed by atoms with E-state index in [4.69, 9.17) is 20.3 Å². The molecule has 4 N–H and O–H groups in total. The Balaban J connectivity index is 1.49. The van der Waals surface area contributed by atoms with Crippen molar-refractivity contribution in [3.05, 3.63) is 84.9 Å². The van der Waals surface area contributed by atoms with Gasteiger partial charge in [0.2, 0.25) is 11.8 Å². The van der Waals surface area contributed by atoms with Crippen molar-refractivity contribution in [3.8, 4) is 34.0 Å². The minimum absolute atomic E-state index is 0.472. The maximum atomic E-state index is 6.59. The first-order chi connectivity index (χ1) is 15.7. The molecule has 0 bridgehead atoms. The van der Waals surface area contributed by atoms with E-state index in [-0.39, 0.29) is 0 Å². The molecule has 0 aliphatic rings. The van der Waals surface area contributed by atoms with Crippen molar-refractivity contribution in [3.63, 3.8) is 0 Å². The van der Waals surface area contributed by atoms with Crippen LogP contribution in [-0.2, 0) is 0 Å². The first kappa shape index (κ1) is 18.2. The van der Waals surface area contributed by atoms with Crippen LogP contribution >= 0.6 is 0 Å². The third-order valence-corrected chi connectivity index (χ3v) is 5.55. The Morgan fingerprint density at radius 3 is 1.31 bits per heavy atom. The zero-order valence-corrected chi connectivity index (χ0v) is 16.9. The predicted molar refractivity (Wildman–Crippen MR) is 127 cm³/mol. The normalized spacial score (nSPS) is 11.4. The second-order valence-electron chi connectivity index (χ2n) is 7.51. The molecule has 0 saturated heterocycles. The van der Waals surface area contributed by atoms with Gasteiger partial charge in [-0.2, -0.15) is 0 Å². The van der Waals surface area contributed by atoms with Crippen LogP contribution in [0.1, 0.15) is 0 Å². The average molecular weight is 418 g/mol. The van der Waals surface area contributed by atoms with Crippen LogP contribution in [0.15, 0.2) is 93.8 Å². The molecule has 4 aromatic carbocycles. The molecule has 0 saturated carbocycles. The van der Waals surface area contributed by atoms with Crippen LogP contribution in [0.2, 0.25) is 0 Å². The molecule has 0 unspecified atom stereocenters. The van der Waals surface area contributed by atoms with Crippen molar-refractivity contribution in [2.24, 2.45) is 0 Å². The fraction of sp³-hybridized carbons (Fsp3) is 0. The van der Waals surface area contributed by atoms with Crippen LogP contribution in [-0.4, -0.2) is 9.97 Å². The number of aromatic nitrogens is 2. The van der Waals surface area contributed by atoms with Gasteiger partial charge in [0.1, 0.15) is 11.0 Å². The summed E-state index contributed by atoms with van der Waals surface area (Å²) in [5.41, 5.74) is 20.3. The Labute approximate surface area is 183 Å². The summed E-state index contributed by atoms with van der Waals surface area (Å²) in [4.78, 5) is 9.18. The Hall–Kier alpha value is -4.58. The Bertz CT molecular complexity index is 1430. The van der Waals surface area contributed by atoms with Crippen LogP contribution < -0.4 is 11.5 Å². The van der Waals surface area contributed by atoms with Gasteiger partial charge < -0.3 is 20.3 Å². The maximum Gasteiger partial charge on any atom is 0.229 e. The van der Waals surface area contributed by atoms with Crippen molar-refractivity contribution in [2.75, 3.05) is 11.5 Å². The molecule has 0 aliphatic heterocycles. The van der Waals surface area contributed by atoms with Gasteiger partial charge in [-0.15, -0.1) is 0 Å². The second-order valence-corrected chi connectivity index (χ2v) is 7.51. The summed E-state index contributed by atoms with van der Waals surface area (Å²) in [5, 5.41) is 0. The van der Waals surface area contributed by atoms with Gasteiger partial charge in [-0.05, 0) is 36.4 Å². The molecular weight excluding hydrogens is 400 g/mol.